The van der Waals surface area contributed by atoms with Crippen molar-refractivity contribution < 1.29 is 13.9 Å². The maximum absolute atomic E-state index is 13.4. The monoisotopic (exact) mass is 415 g/mol. The summed E-state index contributed by atoms with van der Waals surface area (Å²) in [6.45, 7) is 5.46. The van der Waals surface area contributed by atoms with Crippen LogP contribution in [0.2, 0.25) is 0 Å². The average molecular weight is 415 g/mol. The summed E-state index contributed by atoms with van der Waals surface area (Å²) in [6.07, 6.45) is 5.27. The molecule has 1 atom stereocenters. The van der Waals surface area contributed by atoms with E-state index in [1.54, 1.807) is 18.4 Å². The molecular weight excluding hydrogens is 390 g/mol. The number of aryl methyl sites for hydroxylation is 1. The van der Waals surface area contributed by atoms with Crippen LogP contribution in [0.1, 0.15) is 34.9 Å². The molecule has 2 aromatic heterocycles. The third kappa shape index (κ3) is 3.48. The topological polar surface area (TPSA) is 60.5 Å². The van der Waals surface area contributed by atoms with E-state index in [0.717, 1.165) is 41.6 Å². The van der Waals surface area contributed by atoms with Crippen LogP contribution < -0.4 is 4.74 Å². The summed E-state index contributed by atoms with van der Waals surface area (Å²) >= 11 is 0. The van der Waals surface area contributed by atoms with Crippen molar-refractivity contribution in [2.45, 2.75) is 18.8 Å². The van der Waals surface area contributed by atoms with E-state index in [1.807, 2.05) is 35.2 Å². The quantitative estimate of drug-likeness (QED) is 0.435. The third-order valence-corrected chi connectivity index (χ3v) is 6.03. The lowest BCUT2D eigenvalue weighted by Gasteiger charge is -2.32. The second-order valence-corrected chi connectivity index (χ2v) is 8.01. The van der Waals surface area contributed by atoms with E-state index in [0.29, 0.717) is 30.0 Å². The van der Waals surface area contributed by atoms with E-state index < -0.39 is 0 Å². The van der Waals surface area contributed by atoms with Crippen LogP contribution >= 0.6 is 0 Å². The fourth-order valence-electron chi connectivity index (χ4n) is 4.51. The number of carbonyl (C=O) groups is 1. The van der Waals surface area contributed by atoms with Crippen LogP contribution in [-0.2, 0) is 7.05 Å². The smallest absolute Gasteiger partial charge is 0.254 e. The molecule has 1 saturated heterocycles. The van der Waals surface area contributed by atoms with Gasteiger partial charge >= 0.3 is 0 Å². The number of aromatic nitrogens is 2. The number of piperidine rings is 1. The summed E-state index contributed by atoms with van der Waals surface area (Å²) in [5.74, 6) is 1.87. The molecule has 1 aliphatic heterocycles. The van der Waals surface area contributed by atoms with Crippen molar-refractivity contribution in [2.75, 3.05) is 19.7 Å². The molecule has 2 aromatic carbocycles. The minimum absolute atomic E-state index is 0.00906. The largest absolute Gasteiger partial charge is 0.489 e. The summed E-state index contributed by atoms with van der Waals surface area (Å²) in [6, 6.07) is 13.6. The number of hydrogen-bond acceptors (Lipinski definition) is 4. The number of amides is 1. The van der Waals surface area contributed by atoms with Crippen molar-refractivity contribution in [1.82, 2.24) is 14.5 Å². The number of imidazole rings is 1. The Morgan fingerprint density at radius 3 is 3.03 bits per heavy atom. The SMILES string of the molecule is C=CCOc1cc(C(=O)N2CCCC(c3nc4ccccc4n3C)C2)cc2occc12. The fourth-order valence-corrected chi connectivity index (χ4v) is 4.51. The van der Waals surface area contributed by atoms with Gasteiger partial charge in [0, 0.05) is 31.6 Å². The van der Waals surface area contributed by atoms with E-state index in [4.69, 9.17) is 14.1 Å². The van der Waals surface area contributed by atoms with Gasteiger partial charge in [0.1, 0.15) is 23.8 Å². The first-order chi connectivity index (χ1) is 15.2. The lowest BCUT2D eigenvalue weighted by atomic mass is 9.96. The van der Waals surface area contributed by atoms with Gasteiger partial charge in [0.25, 0.3) is 5.91 Å². The number of hydrogen-bond donors (Lipinski definition) is 0. The molecule has 1 unspecified atom stereocenters. The number of ether oxygens (including phenoxy) is 1. The summed E-state index contributed by atoms with van der Waals surface area (Å²) in [7, 11) is 2.06. The maximum Gasteiger partial charge on any atom is 0.254 e. The first kappa shape index (κ1) is 19.4. The van der Waals surface area contributed by atoms with Gasteiger partial charge in [-0.1, -0.05) is 24.8 Å². The second kappa shape index (κ2) is 7.95. The molecule has 0 N–H and O–H groups in total. The minimum Gasteiger partial charge on any atom is -0.489 e. The van der Waals surface area contributed by atoms with Crippen molar-refractivity contribution in [3.8, 4) is 5.75 Å². The number of benzene rings is 2. The number of likely N-dealkylation sites (tertiary alicyclic amines) is 1. The molecule has 5 rings (SSSR count). The van der Waals surface area contributed by atoms with Gasteiger partial charge in [-0.2, -0.15) is 0 Å². The number of furan rings is 1. The molecule has 3 heterocycles. The summed E-state index contributed by atoms with van der Waals surface area (Å²) in [5, 5.41) is 0.856. The molecule has 1 aliphatic rings. The Kier molecular flexibility index (Phi) is 4.98. The normalized spacial score (nSPS) is 16.7. The predicted octanol–water partition coefficient (Wildman–Crippen LogP) is 4.90. The van der Waals surface area contributed by atoms with Gasteiger partial charge in [0.05, 0.1) is 22.7 Å². The van der Waals surface area contributed by atoms with E-state index in [9.17, 15) is 4.79 Å². The van der Waals surface area contributed by atoms with Crippen molar-refractivity contribution in [3.63, 3.8) is 0 Å². The number of fused-ring (bicyclic) bond motifs is 2. The van der Waals surface area contributed by atoms with E-state index in [-0.39, 0.29) is 11.8 Å². The van der Waals surface area contributed by atoms with Gasteiger partial charge in [-0.3, -0.25) is 4.79 Å². The molecular formula is C25H25N3O3. The Bertz CT molecular complexity index is 1270. The van der Waals surface area contributed by atoms with Gasteiger partial charge in [0.15, 0.2) is 0 Å². The Labute approximate surface area is 180 Å². The molecule has 0 saturated carbocycles. The molecule has 4 aromatic rings. The highest BCUT2D eigenvalue weighted by atomic mass is 16.5. The van der Waals surface area contributed by atoms with Crippen LogP contribution in [0.4, 0.5) is 0 Å². The Morgan fingerprint density at radius 2 is 2.19 bits per heavy atom. The molecule has 0 bridgehead atoms. The Balaban J connectivity index is 1.43. The fraction of sp³-hybridized carbons (Fsp3) is 0.280. The summed E-state index contributed by atoms with van der Waals surface area (Å²) < 4.78 is 13.5. The number of para-hydroxylation sites is 2. The van der Waals surface area contributed by atoms with Crippen molar-refractivity contribution in [1.29, 1.82) is 0 Å². The average Bonchev–Trinajstić information content (AvgIpc) is 3.42. The standard InChI is InChI=1S/C25H25N3O3/c1-3-12-30-22-14-18(15-23-19(22)10-13-31-23)25(29)28-11-6-7-17(16-28)24-26-20-8-4-5-9-21(20)27(24)2/h3-5,8-10,13-15,17H,1,6-7,11-12,16H2,2H3. The molecule has 0 aliphatic carbocycles. The maximum atomic E-state index is 13.4. The highest BCUT2D eigenvalue weighted by Crippen LogP contribution is 2.32. The van der Waals surface area contributed by atoms with Crippen molar-refractivity contribution >= 4 is 27.9 Å². The second-order valence-electron chi connectivity index (χ2n) is 8.01. The van der Waals surface area contributed by atoms with E-state index in [2.05, 4.69) is 24.3 Å². The molecule has 1 fully saturated rings. The predicted molar refractivity (Wildman–Crippen MR) is 120 cm³/mol. The van der Waals surface area contributed by atoms with Gasteiger partial charge in [-0.15, -0.1) is 0 Å². The first-order valence-corrected chi connectivity index (χ1v) is 10.6. The Hall–Kier alpha value is -3.54. The lowest BCUT2D eigenvalue weighted by molar-refractivity contribution is 0.0703. The van der Waals surface area contributed by atoms with Crippen LogP contribution in [0, 0.1) is 0 Å². The summed E-state index contributed by atoms with van der Waals surface area (Å²) in [5.41, 5.74) is 3.34. The highest BCUT2D eigenvalue weighted by molar-refractivity contribution is 5.99. The number of carbonyl (C=O) groups excluding carboxylic acids is 1. The van der Waals surface area contributed by atoms with Crippen LogP contribution in [-0.4, -0.2) is 40.1 Å². The van der Waals surface area contributed by atoms with Gasteiger partial charge in [-0.05, 0) is 43.2 Å². The minimum atomic E-state index is -0.00906. The van der Waals surface area contributed by atoms with Gasteiger partial charge in [-0.25, -0.2) is 4.98 Å². The van der Waals surface area contributed by atoms with Crippen LogP contribution in [0.15, 0.2) is 65.8 Å². The zero-order valence-electron chi connectivity index (χ0n) is 17.6. The lowest BCUT2D eigenvalue weighted by Crippen LogP contribution is -2.39. The van der Waals surface area contributed by atoms with Crippen molar-refractivity contribution in [2.24, 2.45) is 7.05 Å². The van der Waals surface area contributed by atoms with E-state index >= 15 is 0 Å². The Morgan fingerprint density at radius 1 is 1.32 bits per heavy atom. The first-order valence-electron chi connectivity index (χ1n) is 10.6. The molecule has 158 valence electrons. The zero-order valence-corrected chi connectivity index (χ0v) is 17.6. The summed E-state index contributed by atoms with van der Waals surface area (Å²) in [4.78, 5) is 20.2. The highest BCUT2D eigenvalue weighted by Gasteiger charge is 2.29. The van der Waals surface area contributed by atoms with Crippen LogP contribution in [0.3, 0.4) is 0 Å². The number of rotatable bonds is 5. The van der Waals surface area contributed by atoms with Crippen LogP contribution in [0.5, 0.6) is 5.75 Å². The molecule has 1 amide bonds. The number of nitrogens with zero attached hydrogens (tertiary/aromatic N) is 3. The van der Waals surface area contributed by atoms with Crippen molar-refractivity contribution in [3.05, 3.63) is 72.8 Å². The molecule has 6 nitrogen and oxygen atoms in total. The third-order valence-electron chi connectivity index (χ3n) is 6.03. The van der Waals surface area contributed by atoms with Gasteiger partial charge < -0.3 is 18.6 Å². The van der Waals surface area contributed by atoms with Gasteiger partial charge in [0.2, 0.25) is 0 Å². The molecule has 0 radical (unpaired) electrons. The molecule has 0 spiro atoms. The molecule has 31 heavy (non-hydrogen) atoms. The zero-order chi connectivity index (χ0) is 21.4. The molecule has 6 heteroatoms. The van der Waals surface area contributed by atoms with E-state index in [1.165, 1.54) is 0 Å². The van der Waals surface area contributed by atoms with Crippen LogP contribution in [0.25, 0.3) is 22.0 Å².